The average Bonchev–Trinajstić information content (AvgIpc) is 3.34. The van der Waals surface area contributed by atoms with Gasteiger partial charge in [0, 0.05) is 66.3 Å². The predicted octanol–water partition coefficient (Wildman–Crippen LogP) is 4.03. The van der Waals surface area contributed by atoms with Crippen LogP contribution >= 0.6 is 0 Å². The summed E-state index contributed by atoms with van der Waals surface area (Å²) in [5, 5.41) is 17.0. The number of hydrogen-bond acceptors (Lipinski definition) is 6. The van der Waals surface area contributed by atoms with Gasteiger partial charge in [0.25, 0.3) is 0 Å². The lowest BCUT2D eigenvalue weighted by Crippen LogP contribution is -2.28. The molecule has 0 aliphatic heterocycles. The summed E-state index contributed by atoms with van der Waals surface area (Å²) in [5.41, 5.74) is 3.90. The van der Waals surface area contributed by atoms with Crippen LogP contribution in [0.2, 0.25) is 0 Å². The highest BCUT2D eigenvalue weighted by Gasteiger charge is 2.32. The summed E-state index contributed by atoms with van der Waals surface area (Å²) in [6, 6.07) is 11.1. The van der Waals surface area contributed by atoms with Crippen molar-refractivity contribution in [2.75, 3.05) is 0 Å². The van der Waals surface area contributed by atoms with Crippen molar-refractivity contribution in [1.82, 2.24) is 19.1 Å². The molecule has 1 aliphatic carbocycles. The number of nitrogens with zero attached hydrogens (tertiary/aromatic N) is 6. The van der Waals surface area contributed by atoms with E-state index in [9.17, 15) is 10.1 Å². The minimum atomic E-state index is -0.515. The maximum Gasteiger partial charge on any atom is 0.333 e. The predicted molar refractivity (Wildman–Crippen MR) is 120 cm³/mol. The maximum absolute atomic E-state index is 11.4. The minimum absolute atomic E-state index is 0.0592. The van der Waals surface area contributed by atoms with E-state index in [1.165, 1.54) is 24.0 Å². The minimum Gasteiger partial charge on any atom is -0.347 e. The van der Waals surface area contributed by atoms with E-state index >= 15 is 0 Å². The largest absolute Gasteiger partial charge is 0.347 e. The Morgan fingerprint density at radius 1 is 1.22 bits per heavy atom. The molecule has 1 aliphatic rings. The number of aryl methyl sites for hydroxylation is 2. The Kier molecular flexibility index (Phi) is 4.93. The normalized spacial score (nSPS) is 16.9. The number of benzene rings is 1. The Balaban J connectivity index is 1.63. The summed E-state index contributed by atoms with van der Waals surface area (Å²) in [6.07, 6.45) is 6.98. The zero-order valence-electron chi connectivity index (χ0n) is 17.8. The zero-order valence-corrected chi connectivity index (χ0v) is 17.8. The molecular weight excluding hydrogens is 408 g/mol. The first-order chi connectivity index (χ1) is 15.5. The van der Waals surface area contributed by atoms with Gasteiger partial charge in [-0.1, -0.05) is 23.4 Å². The molecule has 4 aromatic rings. The van der Waals surface area contributed by atoms with Gasteiger partial charge in [0.2, 0.25) is 0 Å². The SMILES string of the molecule is Cc1nccn1CC1CCc2c(c3ccccc3n2C)C1=NOc1ncccc1[N+](=O)[O-]. The molecule has 1 aromatic carbocycles. The Morgan fingerprint density at radius 3 is 2.84 bits per heavy atom. The second-order valence-corrected chi connectivity index (χ2v) is 7.91. The lowest BCUT2D eigenvalue weighted by atomic mass is 9.84. The van der Waals surface area contributed by atoms with Crippen molar-refractivity contribution in [3.63, 3.8) is 0 Å². The smallest absolute Gasteiger partial charge is 0.333 e. The first-order valence-electron chi connectivity index (χ1n) is 10.4. The van der Waals surface area contributed by atoms with E-state index in [2.05, 4.69) is 43.4 Å². The molecule has 5 rings (SSSR count). The van der Waals surface area contributed by atoms with Crippen LogP contribution in [-0.2, 0) is 20.0 Å². The lowest BCUT2D eigenvalue weighted by molar-refractivity contribution is -0.386. The van der Waals surface area contributed by atoms with E-state index in [0.29, 0.717) is 6.54 Å². The number of hydrogen-bond donors (Lipinski definition) is 0. The summed E-state index contributed by atoms with van der Waals surface area (Å²) in [7, 11) is 2.06. The zero-order chi connectivity index (χ0) is 22.2. The van der Waals surface area contributed by atoms with Crippen LogP contribution in [0.5, 0.6) is 5.88 Å². The van der Waals surface area contributed by atoms with E-state index in [4.69, 9.17) is 4.84 Å². The Labute approximate surface area is 184 Å². The third-order valence-electron chi connectivity index (χ3n) is 6.12. The van der Waals surface area contributed by atoms with Crippen LogP contribution in [0.3, 0.4) is 0 Å². The summed E-state index contributed by atoms with van der Waals surface area (Å²) >= 11 is 0. The van der Waals surface area contributed by atoms with Gasteiger partial charge in [-0.25, -0.2) is 9.97 Å². The first-order valence-corrected chi connectivity index (χ1v) is 10.4. The van der Waals surface area contributed by atoms with Gasteiger partial charge in [-0.3, -0.25) is 10.1 Å². The average molecular weight is 430 g/mol. The monoisotopic (exact) mass is 430 g/mol. The lowest BCUT2D eigenvalue weighted by Gasteiger charge is -2.25. The first kappa shape index (κ1) is 19.9. The van der Waals surface area contributed by atoms with Crippen LogP contribution in [0.15, 0.2) is 60.1 Å². The molecule has 3 heterocycles. The summed E-state index contributed by atoms with van der Waals surface area (Å²) < 4.78 is 4.29. The quantitative estimate of drug-likeness (QED) is 0.351. The molecule has 0 spiro atoms. The molecule has 1 atom stereocenters. The second kappa shape index (κ2) is 7.92. The molecule has 0 bridgehead atoms. The molecule has 1 unspecified atom stereocenters. The molecule has 162 valence electrons. The van der Waals surface area contributed by atoms with Gasteiger partial charge in [-0.05, 0) is 31.9 Å². The van der Waals surface area contributed by atoms with Gasteiger partial charge < -0.3 is 14.0 Å². The van der Waals surface area contributed by atoms with Gasteiger partial charge in [0.15, 0.2) is 0 Å². The molecule has 9 heteroatoms. The van der Waals surface area contributed by atoms with Gasteiger partial charge in [0.05, 0.1) is 10.6 Å². The molecule has 9 nitrogen and oxygen atoms in total. The molecule has 0 saturated heterocycles. The van der Waals surface area contributed by atoms with Gasteiger partial charge in [-0.15, -0.1) is 0 Å². The van der Waals surface area contributed by atoms with Gasteiger partial charge >= 0.3 is 11.6 Å². The van der Waals surface area contributed by atoms with Crippen molar-refractivity contribution in [2.45, 2.75) is 26.3 Å². The summed E-state index contributed by atoms with van der Waals surface area (Å²) in [5.74, 6) is 0.869. The molecule has 32 heavy (non-hydrogen) atoms. The number of pyridine rings is 1. The highest BCUT2D eigenvalue weighted by Crippen LogP contribution is 2.35. The van der Waals surface area contributed by atoms with Crippen molar-refractivity contribution < 1.29 is 9.76 Å². The van der Waals surface area contributed by atoms with Crippen LogP contribution < -0.4 is 4.84 Å². The van der Waals surface area contributed by atoms with Crippen molar-refractivity contribution in [2.24, 2.45) is 18.1 Å². The van der Waals surface area contributed by atoms with Crippen LogP contribution in [0.4, 0.5) is 5.69 Å². The van der Waals surface area contributed by atoms with Crippen molar-refractivity contribution in [3.05, 3.63) is 82.2 Å². The summed E-state index contributed by atoms with van der Waals surface area (Å²) in [6.45, 7) is 2.66. The molecular formula is C23H22N6O3. The molecule has 0 saturated carbocycles. The number of para-hydroxylation sites is 1. The topological polar surface area (TPSA) is 100 Å². The highest BCUT2D eigenvalue weighted by atomic mass is 16.7. The van der Waals surface area contributed by atoms with Crippen LogP contribution in [0.1, 0.15) is 23.5 Å². The third-order valence-corrected chi connectivity index (χ3v) is 6.12. The number of oxime groups is 1. The standard InChI is InChI=1S/C23H22N6O3/c1-15-24-12-13-28(15)14-16-9-10-19-21(17-6-3-4-7-18(17)27(19)2)22(16)26-32-23-20(29(30)31)8-5-11-25-23/h3-8,11-13,16H,9-10,14H2,1-2H3. The maximum atomic E-state index is 11.4. The Bertz CT molecular complexity index is 1350. The Morgan fingerprint density at radius 2 is 2.06 bits per heavy atom. The second-order valence-electron chi connectivity index (χ2n) is 7.91. The van der Waals surface area contributed by atoms with Crippen LogP contribution in [0, 0.1) is 23.0 Å². The molecule has 0 N–H and O–H groups in total. The number of aromatic nitrogens is 4. The summed E-state index contributed by atoms with van der Waals surface area (Å²) in [4.78, 5) is 24.9. The van der Waals surface area contributed by atoms with Gasteiger partial charge in [0.1, 0.15) is 5.82 Å². The number of rotatable bonds is 5. The van der Waals surface area contributed by atoms with Crippen LogP contribution in [0.25, 0.3) is 10.9 Å². The van der Waals surface area contributed by atoms with Crippen molar-refractivity contribution >= 4 is 22.3 Å². The van der Waals surface area contributed by atoms with E-state index in [1.807, 2.05) is 25.3 Å². The fourth-order valence-electron chi connectivity index (χ4n) is 4.49. The van der Waals surface area contributed by atoms with E-state index < -0.39 is 4.92 Å². The molecule has 0 fully saturated rings. The fraction of sp³-hybridized carbons (Fsp3) is 0.261. The van der Waals surface area contributed by atoms with Crippen molar-refractivity contribution in [3.8, 4) is 5.88 Å². The molecule has 3 aromatic heterocycles. The van der Waals surface area contributed by atoms with E-state index in [-0.39, 0.29) is 17.5 Å². The third kappa shape index (κ3) is 3.31. The van der Waals surface area contributed by atoms with Crippen molar-refractivity contribution in [1.29, 1.82) is 0 Å². The Hall–Kier alpha value is -4.01. The number of nitro groups is 1. The van der Waals surface area contributed by atoms with Gasteiger partial charge in [-0.2, -0.15) is 0 Å². The highest BCUT2D eigenvalue weighted by molar-refractivity contribution is 6.13. The number of fused-ring (bicyclic) bond motifs is 3. The fourth-order valence-corrected chi connectivity index (χ4v) is 4.49. The van der Waals surface area contributed by atoms with E-state index in [1.54, 1.807) is 6.20 Å². The van der Waals surface area contributed by atoms with E-state index in [0.717, 1.165) is 40.8 Å². The number of imidazole rings is 1. The molecule has 0 radical (unpaired) electrons. The van der Waals surface area contributed by atoms with Crippen LogP contribution in [-0.4, -0.2) is 29.7 Å². The molecule has 0 amide bonds.